The molecule has 0 heterocycles. The molecule has 10 heteroatoms. The number of nitrogens with one attached hydrogen (secondary N) is 1. The number of amides is 2. The van der Waals surface area contributed by atoms with Crippen LogP contribution in [-0.4, -0.2) is 43.8 Å². The normalized spacial score (nSPS) is 12.9. The maximum atomic E-state index is 14.2. The highest BCUT2D eigenvalue weighted by atomic mass is 35.5. The Bertz CT molecular complexity index is 1460. The lowest BCUT2D eigenvalue weighted by atomic mass is 10.1. The van der Waals surface area contributed by atoms with Gasteiger partial charge in [0.05, 0.1) is 10.6 Å². The zero-order valence-corrected chi connectivity index (χ0v) is 26.4. The number of aryl methyl sites for hydroxylation is 2. The minimum atomic E-state index is -4.14. The summed E-state index contributed by atoms with van der Waals surface area (Å²) in [6, 6.07) is 17.2. The standard InChI is InChI=1S/C31H37Cl2N3O4S/c1-6-23(5)34-31(38)29(7-2)35(19-26-27(32)14-11-15-28(26)33)30(37)20-36(24-17-16-21(3)22(4)18-24)41(39,40)25-12-9-8-10-13-25/h8-18,23,29H,6-7,19-20H2,1-5H3,(H,34,38). The van der Waals surface area contributed by atoms with E-state index in [1.54, 1.807) is 55.5 Å². The molecule has 41 heavy (non-hydrogen) atoms. The van der Waals surface area contributed by atoms with Crippen LogP contribution in [0.4, 0.5) is 5.69 Å². The predicted octanol–water partition coefficient (Wildman–Crippen LogP) is 6.53. The van der Waals surface area contributed by atoms with E-state index < -0.39 is 28.5 Å². The fourth-order valence-electron chi connectivity index (χ4n) is 4.34. The summed E-state index contributed by atoms with van der Waals surface area (Å²) < 4.78 is 29.0. The highest BCUT2D eigenvalue weighted by molar-refractivity contribution is 7.92. The van der Waals surface area contributed by atoms with Crippen LogP contribution in [0.1, 0.15) is 50.3 Å². The molecule has 0 aliphatic carbocycles. The predicted molar refractivity (Wildman–Crippen MR) is 166 cm³/mol. The topological polar surface area (TPSA) is 86.8 Å². The summed E-state index contributed by atoms with van der Waals surface area (Å²) in [5.41, 5.74) is 2.68. The van der Waals surface area contributed by atoms with Crippen molar-refractivity contribution < 1.29 is 18.0 Å². The van der Waals surface area contributed by atoms with E-state index in [-0.39, 0.29) is 23.4 Å². The number of anilines is 1. The van der Waals surface area contributed by atoms with Gasteiger partial charge in [-0.15, -0.1) is 0 Å². The van der Waals surface area contributed by atoms with Crippen molar-refractivity contribution >= 4 is 50.7 Å². The van der Waals surface area contributed by atoms with Crippen molar-refractivity contribution in [1.29, 1.82) is 0 Å². The minimum absolute atomic E-state index is 0.0493. The molecule has 2 unspecified atom stereocenters. The summed E-state index contributed by atoms with van der Waals surface area (Å²) in [5, 5.41) is 3.64. The van der Waals surface area contributed by atoms with Gasteiger partial charge < -0.3 is 10.2 Å². The van der Waals surface area contributed by atoms with Crippen LogP contribution in [0, 0.1) is 13.8 Å². The van der Waals surface area contributed by atoms with Gasteiger partial charge in [-0.1, -0.05) is 67.4 Å². The average Bonchev–Trinajstić information content (AvgIpc) is 2.94. The maximum Gasteiger partial charge on any atom is 0.264 e. The number of rotatable bonds is 12. The fourth-order valence-corrected chi connectivity index (χ4v) is 6.29. The number of hydrogen-bond acceptors (Lipinski definition) is 4. The van der Waals surface area contributed by atoms with Crippen molar-refractivity contribution in [3.63, 3.8) is 0 Å². The van der Waals surface area contributed by atoms with Crippen molar-refractivity contribution in [3.8, 4) is 0 Å². The first-order valence-corrected chi connectivity index (χ1v) is 15.8. The van der Waals surface area contributed by atoms with E-state index in [1.807, 2.05) is 33.8 Å². The Morgan fingerprint density at radius 3 is 2.07 bits per heavy atom. The van der Waals surface area contributed by atoms with Crippen LogP contribution in [0.15, 0.2) is 71.6 Å². The van der Waals surface area contributed by atoms with Crippen molar-refractivity contribution in [2.45, 2.75) is 71.0 Å². The molecule has 0 aliphatic heterocycles. The van der Waals surface area contributed by atoms with Gasteiger partial charge >= 0.3 is 0 Å². The first-order chi connectivity index (χ1) is 19.4. The number of hydrogen-bond donors (Lipinski definition) is 1. The van der Waals surface area contributed by atoms with Crippen molar-refractivity contribution in [1.82, 2.24) is 10.2 Å². The van der Waals surface area contributed by atoms with E-state index in [0.29, 0.717) is 34.1 Å². The van der Waals surface area contributed by atoms with E-state index in [9.17, 15) is 18.0 Å². The monoisotopic (exact) mass is 617 g/mol. The zero-order chi connectivity index (χ0) is 30.3. The molecule has 220 valence electrons. The van der Waals surface area contributed by atoms with E-state index >= 15 is 0 Å². The van der Waals surface area contributed by atoms with E-state index in [4.69, 9.17) is 23.2 Å². The number of carbonyl (C=O) groups is 2. The zero-order valence-electron chi connectivity index (χ0n) is 24.0. The maximum absolute atomic E-state index is 14.2. The number of halogens is 2. The summed E-state index contributed by atoms with van der Waals surface area (Å²) in [6.07, 6.45) is 1.01. The number of benzene rings is 3. The third-order valence-electron chi connectivity index (χ3n) is 7.17. The smallest absolute Gasteiger partial charge is 0.264 e. The Kier molecular flexibility index (Phi) is 11.2. The molecule has 1 N–H and O–H groups in total. The number of sulfonamides is 1. The molecule has 3 rings (SSSR count). The number of carbonyl (C=O) groups excluding carboxylic acids is 2. The first kappa shape index (κ1) is 32.4. The van der Waals surface area contributed by atoms with Crippen LogP contribution < -0.4 is 9.62 Å². The van der Waals surface area contributed by atoms with Gasteiger partial charge in [-0.2, -0.15) is 0 Å². The molecule has 0 radical (unpaired) electrons. The van der Waals surface area contributed by atoms with E-state index in [0.717, 1.165) is 15.4 Å². The summed E-state index contributed by atoms with van der Waals surface area (Å²) >= 11 is 12.9. The van der Waals surface area contributed by atoms with Crippen LogP contribution >= 0.6 is 23.2 Å². The van der Waals surface area contributed by atoms with E-state index in [2.05, 4.69) is 5.32 Å². The van der Waals surface area contributed by atoms with Crippen LogP contribution in [-0.2, 0) is 26.2 Å². The van der Waals surface area contributed by atoms with Gasteiger partial charge in [0.2, 0.25) is 11.8 Å². The second-order valence-electron chi connectivity index (χ2n) is 10.1. The van der Waals surface area contributed by atoms with Crippen molar-refractivity contribution in [2.24, 2.45) is 0 Å². The molecule has 0 spiro atoms. The minimum Gasteiger partial charge on any atom is -0.352 e. The Morgan fingerprint density at radius 2 is 1.51 bits per heavy atom. The van der Waals surface area contributed by atoms with Gasteiger partial charge in [0.15, 0.2) is 0 Å². The summed E-state index contributed by atoms with van der Waals surface area (Å²) in [5.74, 6) is -0.896. The van der Waals surface area contributed by atoms with Gasteiger partial charge in [-0.05, 0) is 81.1 Å². The van der Waals surface area contributed by atoms with Gasteiger partial charge in [0, 0.05) is 28.2 Å². The van der Waals surface area contributed by atoms with Gasteiger partial charge in [0.25, 0.3) is 10.0 Å². The summed E-state index contributed by atoms with van der Waals surface area (Å²) in [7, 11) is -4.14. The molecule has 0 saturated carbocycles. The quantitative estimate of drug-likeness (QED) is 0.250. The molecule has 0 saturated heterocycles. The molecule has 0 bridgehead atoms. The molecule has 0 aliphatic rings. The third-order valence-corrected chi connectivity index (χ3v) is 9.66. The van der Waals surface area contributed by atoms with Crippen molar-refractivity contribution in [2.75, 3.05) is 10.8 Å². The van der Waals surface area contributed by atoms with Crippen LogP contribution in [0.3, 0.4) is 0 Å². The molecule has 3 aromatic carbocycles. The molecule has 3 aromatic rings. The first-order valence-electron chi connectivity index (χ1n) is 13.6. The molecule has 0 fully saturated rings. The van der Waals surface area contributed by atoms with Gasteiger partial charge in [-0.3, -0.25) is 13.9 Å². The molecule has 0 aromatic heterocycles. The lowest BCUT2D eigenvalue weighted by Gasteiger charge is -2.34. The second-order valence-corrected chi connectivity index (χ2v) is 12.7. The van der Waals surface area contributed by atoms with Gasteiger partial charge in [0.1, 0.15) is 12.6 Å². The third kappa shape index (κ3) is 7.82. The molecular weight excluding hydrogens is 581 g/mol. The van der Waals surface area contributed by atoms with Crippen LogP contribution in [0.5, 0.6) is 0 Å². The highest BCUT2D eigenvalue weighted by Gasteiger charge is 2.34. The largest absolute Gasteiger partial charge is 0.352 e. The van der Waals surface area contributed by atoms with Gasteiger partial charge in [-0.25, -0.2) is 8.42 Å². The summed E-state index contributed by atoms with van der Waals surface area (Å²) in [6.45, 7) is 8.84. The fraction of sp³-hybridized carbons (Fsp3) is 0.355. The van der Waals surface area contributed by atoms with Crippen LogP contribution in [0.2, 0.25) is 10.0 Å². The Labute approximate surface area is 253 Å². The lowest BCUT2D eigenvalue weighted by Crippen LogP contribution is -2.53. The lowest BCUT2D eigenvalue weighted by molar-refractivity contribution is -0.140. The molecule has 2 atom stereocenters. The summed E-state index contributed by atoms with van der Waals surface area (Å²) in [4.78, 5) is 29.0. The molecule has 2 amide bonds. The number of nitrogens with zero attached hydrogens (tertiary/aromatic N) is 2. The SMILES string of the molecule is CCC(C)NC(=O)C(CC)N(Cc1c(Cl)cccc1Cl)C(=O)CN(c1ccc(C)c(C)c1)S(=O)(=O)c1ccccc1. The van der Waals surface area contributed by atoms with E-state index in [1.165, 1.54) is 17.0 Å². The van der Waals surface area contributed by atoms with Crippen molar-refractivity contribution in [3.05, 3.63) is 93.5 Å². The van der Waals surface area contributed by atoms with Crippen LogP contribution in [0.25, 0.3) is 0 Å². The average molecular weight is 619 g/mol. The molecular formula is C31H37Cl2N3O4S. The molecule has 7 nitrogen and oxygen atoms in total. The Balaban J connectivity index is 2.11. The highest BCUT2D eigenvalue weighted by Crippen LogP contribution is 2.29. The second kappa shape index (κ2) is 14.2. The Morgan fingerprint density at radius 1 is 0.878 bits per heavy atom. The Hall–Kier alpha value is -3.07.